The zero-order valence-electron chi connectivity index (χ0n) is 34.2. The van der Waals surface area contributed by atoms with Gasteiger partial charge in [-0.25, -0.2) is 25.3 Å². The number of hydrogen-bond donors (Lipinski definition) is 5. The molecule has 0 unspecified atom stereocenters. The van der Waals surface area contributed by atoms with Gasteiger partial charge in [-0.05, 0) is 103 Å². The first-order valence-corrected chi connectivity index (χ1v) is 21.3. The van der Waals surface area contributed by atoms with Crippen LogP contribution in [0.2, 0.25) is 0 Å². The van der Waals surface area contributed by atoms with Gasteiger partial charge in [-0.1, -0.05) is 0 Å². The minimum absolute atomic E-state index is 0. The van der Waals surface area contributed by atoms with Crippen molar-refractivity contribution in [2.75, 3.05) is 21.9 Å². The molecule has 0 fully saturated rings. The van der Waals surface area contributed by atoms with Gasteiger partial charge in [-0.15, -0.1) is 5.11 Å². The Morgan fingerprint density at radius 2 is 1.23 bits per heavy atom. The van der Waals surface area contributed by atoms with Crippen molar-refractivity contribution in [3.8, 4) is 0 Å². The molecule has 65 heavy (non-hydrogen) atoms. The summed E-state index contributed by atoms with van der Waals surface area (Å²) in [7, 11) is -15.8. The van der Waals surface area contributed by atoms with E-state index in [1.165, 1.54) is 49.4 Å². The molecule has 0 saturated carbocycles. The maximum Gasteiger partial charge on any atom is 1.00 e. The molecular weight excluding hydrogens is 944 g/mol. The summed E-state index contributed by atoms with van der Waals surface area (Å²) in [6.45, 7) is 1.29. The Bertz CT molecular complexity index is 3120. The molecule has 2 aliphatic rings. The summed E-state index contributed by atoms with van der Waals surface area (Å²) in [5.74, 6) is -2.59. The van der Waals surface area contributed by atoms with E-state index in [-0.39, 0.29) is 117 Å². The Morgan fingerprint density at radius 1 is 0.662 bits per heavy atom. The van der Waals surface area contributed by atoms with Crippen LogP contribution in [0.25, 0.3) is 6.08 Å². The fourth-order valence-corrected chi connectivity index (χ4v) is 7.32. The van der Waals surface area contributed by atoms with E-state index in [1.807, 2.05) is 0 Å². The number of amides is 2. The number of benzene rings is 4. The molecule has 4 aromatic carbocycles. The van der Waals surface area contributed by atoms with Gasteiger partial charge in [0, 0.05) is 24.3 Å². The Balaban J connectivity index is 0.00000374. The summed E-state index contributed by atoms with van der Waals surface area (Å²) in [6.07, 6.45) is 4.51. The monoisotopic (exact) mass is 969 g/mol. The number of Topliss-reactive ketones (excluding diaryl/α,β-unsaturated/α-hetero) is 1. The van der Waals surface area contributed by atoms with Crippen molar-refractivity contribution in [3.05, 3.63) is 124 Å². The van der Waals surface area contributed by atoms with Crippen LogP contribution in [-0.4, -0.2) is 73.7 Å². The molecule has 0 spiro atoms. The zero-order valence-corrected chi connectivity index (χ0v) is 42.7. The van der Waals surface area contributed by atoms with Crippen molar-refractivity contribution >= 4 is 105 Å². The van der Waals surface area contributed by atoms with E-state index in [2.05, 4.69) is 41.9 Å². The van der Waals surface area contributed by atoms with Gasteiger partial charge in [0.05, 0.1) is 48.7 Å². The van der Waals surface area contributed by atoms with Gasteiger partial charge in [0.25, 0.3) is 5.91 Å². The molecule has 4 aromatic rings. The molecule has 28 heteroatoms. The number of carbonyl (C=O) groups excluding carboxylic acids is 4. The number of allylic oxidation sites excluding steroid dienone is 4. The number of anilines is 4. The van der Waals surface area contributed by atoms with Crippen molar-refractivity contribution in [1.82, 2.24) is 5.32 Å². The van der Waals surface area contributed by atoms with Gasteiger partial charge < -0.3 is 30.0 Å². The minimum atomic E-state index is -5.51. The van der Waals surface area contributed by atoms with Gasteiger partial charge in [-0.3, -0.25) is 30.0 Å². The van der Waals surface area contributed by atoms with Crippen molar-refractivity contribution in [2.24, 2.45) is 20.4 Å². The normalized spacial score (nSPS) is 14.8. The van der Waals surface area contributed by atoms with Crippen LogP contribution in [0.1, 0.15) is 33.2 Å². The quantitative estimate of drug-likeness (QED) is 0.0221. The van der Waals surface area contributed by atoms with Crippen LogP contribution in [0, 0.1) is 0 Å². The van der Waals surface area contributed by atoms with E-state index < -0.39 is 90.9 Å². The number of nitrogens with one attached hydrogen (secondary N) is 4. The SMILES string of the molecule is CC(=O)NC1=CC(=O)C=C/C1=N\Nc1ccc(NC(=O)c2ccc(N=Nc3c(S(=O)(=O)[O-])cc4c(c3N)C(=O)/C(=N/Nc3ccc(S(=O)(=O)[O-])cc3)C(S(=O)(=O)[O-])=C4)cc2)cc1.[Na+].[Na+].[Na+]. The number of ketones is 2. The van der Waals surface area contributed by atoms with Crippen LogP contribution in [0.3, 0.4) is 0 Å². The summed E-state index contributed by atoms with van der Waals surface area (Å²) in [5, 5.41) is 20.8. The van der Waals surface area contributed by atoms with E-state index >= 15 is 0 Å². The molecule has 0 heterocycles. The predicted octanol–water partition coefficient (Wildman–Crippen LogP) is -5.77. The van der Waals surface area contributed by atoms with Crippen LogP contribution in [0.15, 0.2) is 138 Å². The van der Waals surface area contributed by atoms with Crippen molar-refractivity contribution in [1.29, 1.82) is 0 Å². The van der Waals surface area contributed by atoms with Crippen molar-refractivity contribution < 1.29 is 147 Å². The third-order valence-corrected chi connectivity index (χ3v) is 10.9. The van der Waals surface area contributed by atoms with Crippen LogP contribution in [0.5, 0.6) is 0 Å². The first-order chi connectivity index (χ1) is 29.1. The Morgan fingerprint density at radius 3 is 1.78 bits per heavy atom. The average molecular weight is 970 g/mol. The van der Waals surface area contributed by atoms with E-state index in [0.29, 0.717) is 29.2 Å². The molecule has 2 aliphatic carbocycles. The first-order valence-electron chi connectivity index (χ1n) is 17.1. The number of azo groups is 1. The Labute approximate surface area is 436 Å². The summed E-state index contributed by atoms with van der Waals surface area (Å²) in [4.78, 5) is 46.9. The number of hydrogen-bond acceptors (Lipinski definition) is 20. The van der Waals surface area contributed by atoms with Gasteiger partial charge in [0.15, 0.2) is 5.78 Å². The van der Waals surface area contributed by atoms with E-state index in [0.717, 1.165) is 24.3 Å². The zero-order chi connectivity index (χ0) is 45.1. The second-order valence-electron chi connectivity index (χ2n) is 12.8. The fraction of sp³-hybridized carbons (Fsp3) is 0.0270. The number of fused-ring (bicyclic) bond motifs is 1. The number of nitrogens with zero attached hydrogens (tertiary/aromatic N) is 4. The first kappa shape index (κ1) is 54.8. The fourth-order valence-electron chi connectivity index (χ4n) is 5.55. The van der Waals surface area contributed by atoms with Crippen LogP contribution in [-0.2, 0) is 39.9 Å². The minimum Gasteiger partial charge on any atom is -0.744 e. The smallest absolute Gasteiger partial charge is 0.744 e. The number of carbonyl (C=O) groups is 4. The van der Waals surface area contributed by atoms with Crippen LogP contribution < -0.4 is 116 Å². The summed E-state index contributed by atoms with van der Waals surface area (Å²) in [5.41, 5.74) is 8.92. The largest absolute Gasteiger partial charge is 1.00 e. The average Bonchev–Trinajstić information content (AvgIpc) is 3.19. The Kier molecular flexibility index (Phi) is 18.8. The van der Waals surface area contributed by atoms with Crippen molar-refractivity contribution in [2.45, 2.75) is 16.7 Å². The molecule has 6 rings (SSSR count). The van der Waals surface area contributed by atoms with Crippen molar-refractivity contribution in [3.63, 3.8) is 0 Å². The van der Waals surface area contributed by atoms with Crippen LogP contribution in [0.4, 0.5) is 34.1 Å². The summed E-state index contributed by atoms with van der Waals surface area (Å²) in [6, 6.07) is 16.1. The van der Waals surface area contributed by atoms with Gasteiger partial charge in [-0.2, -0.15) is 15.3 Å². The standard InChI is InChI=1S/C37H29N9O13S3.3Na/c1-19(47)39-29-18-26(48)12-15-28(29)44-41-24-8-6-22(7-9-24)40-37(50)20-2-4-23(5-3-20)42-45-34-30(61(54,55)56)16-21-17-31(62(57,58)59)35(36(49)32(21)33(34)38)46-43-25-10-13-27(14-11-25)60(51,52)53;;;/h2-18,41,43H,38H2,1H3,(H,39,47)(H,40,50)(H,51,52,53)(H,54,55,56)(H,57,58,59);;;/q;3*+1/p-3/b44-28+,45-42?,46-35+;;;. The summed E-state index contributed by atoms with van der Waals surface area (Å²) >= 11 is 0. The third-order valence-electron chi connectivity index (χ3n) is 8.40. The second kappa shape index (κ2) is 22.3. The summed E-state index contributed by atoms with van der Waals surface area (Å²) < 4.78 is 107. The molecule has 2 amide bonds. The maximum atomic E-state index is 13.7. The molecule has 0 aliphatic heterocycles. The molecule has 22 nitrogen and oxygen atoms in total. The van der Waals surface area contributed by atoms with E-state index in [4.69, 9.17) is 5.73 Å². The molecule has 0 bridgehead atoms. The van der Waals surface area contributed by atoms with E-state index in [1.54, 1.807) is 24.3 Å². The number of nitrogen functional groups attached to an aromatic ring is 1. The topological polar surface area (TPSA) is 363 Å². The van der Waals surface area contributed by atoms with E-state index in [9.17, 15) is 58.1 Å². The molecule has 0 atom stereocenters. The second-order valence-corrected chi connectivity index (χ2v) is 16.8. The predicted molar refractivity (Wildman–Crippen MR) is 218 cm³/mol. The Hall–Kier alpha value is -4.55. The van der Waals surface area contributed by atoms with Gasteiger partial charge in [0.1, 0.15) is 47.5 Å². The molecule has 6 N–H and O–H groups in total. The number of rotatable bonds is 12. The molecule has 0 aromatic heterocycles. The maximum absolute atomic E-state index is 13.7. The molecule has 0 saturated heterocycles. The van der Waals surface area contributed by atoms with Gasteiger partial charge in [0.2, 0.25) is 11.7 Å². The number of hydrazone groups is 2. The van der Waals surface area contributed by atoms with Gasteiger partial charge >= 0.3 is 88.7 Å². The third kappa shape index (κ3) is 13.8. The van der Waals surface area contributed by atoms with Crippen LogP contribution >= 0.6 is 0 Å². The molecular formula is C37H26N9Na3O13S3. The number of nitrogens with two attached hydrogens (primary N) is 1. The molecule has 318 valence electrons. The molecule has 0 radical (unpaired) electrons.